The van der Waals surface area contributed by atoms with Gasteiger partial charge < -0.3 is 4.90 Å². The molecule has 1 saturated heterocycles. The van der Waals surface area contributed by atoms with Gasteiger partial charge in [0.05, 0.1) is 0 Å². The number of hydrogen-bond donors (Lipinski definition) is 0. The second-order valence-electron chi connectivity index (χ2n) is 13.4. The molecule has 1 aliphatic heterocycles. The van der Waals surface area contributed by atoms with Crippen LogP contribution in [-0.4, -0.2) is 16.3 Å². The second-order valence-corrected chi connectivity index (χ2v) is 19.1. The van der Waals surface area contributed by atoms with Crippen LogP contribution in [0.3, 0.4) is 0 Å². The predicted molar refractivity (Wildman–Crippen MR) is 182 cm³/mol. The summed E-state index contributed by atoms with van der Waals surface area (Å²) in [6.45, 7) is 25.1. The van der Waals surface area contributed by atoms with Gasteiger partial charge in [-0.05, 0) is 62.1 Å². The third-order valence-corrected chi connectivity index (χ3v) is 9.56. The van der Waals surface area contributed by atoms with Crippen molar-refractivity contribution in [2.24, 2.45) is 5.92 Å². The van der Waals surface area contributed by atoms with Gasteiger partial charge >= 0.3 is 97.8 Å². The topological polar surface area (TPSA) is 12.5 Å². The van der Waals surface area contributed by atoms with Crippen LogP contribution in [0.5, 0.6) is 5.75 Å². The van der Waals surface area contributed by atoms with Crippen LogP contribution in [0.25, 0.3) is 0 Å². The average molecular weight is 697 g/mol. The van der Waals surface area contributed by atoms with Crippen molar-refractivity contribution in [3.63, 3.8) is 0 Å². The molecule has 0 radical (unpaired) electrons. The zero-order valence-corrected chi connectivity index (χ0v) is 30.4. The first-order chi connectivity index (χ1) is 19.6. The van der Waals surface area contributed by atoms with Gasteiger partial charge in [-0.15, -0.1) is 5.41 Å². The van der Waals surface area contributed by atoms with E-state index in [4.69, 9.17) is 24.1 Å². The van der Waals surface area contributed by atoms with Crippen molar-refractivity contribution in [2.75, 3.05) is 4.90 Å². The maximum absolute atomic E-state index is 5.82. The Morgan fingerprint density at radius 2 is 1.55 bits per heavy atom. The molecule has 2 nitrogen and oxygen atoms in total. The van der Waals surface area contributed by atoms with E-state index in [-0.39, 0.29) is 17.1 Å². The summed E-state index contributed by atoms with van der Waals surface area (Å²) in [7, 11) is 11.6. The van der Waals surface area contributed by atoms with Gasteiger partial charge in [-0.2, -0.15) is 0 Å². The molecule has 1 atom stereocenters. The molecule has 0 aliphatic carbocycles. The van der Waals surface area contributed by atoms with E-state index in [1.165, 1.54) is 27.9 Å². The van der Waals surface area contributed by atoms with Gasteiger partial charge in [0.1, 0.15) is 0 Å². The molecule has 0 saturated carbocycles. The van der Waals surface area contributed by atoms with E-state index >= 15 is 0 Å². The molecule has 5 heteroatoms. The molecule has 0 bridgehead atoms. The van der Waals surface area contributed by atoms with Crippen LogP contribution < -0.4 is 9.64 Å². The number of hydrogen-bond acceptors (Lipinski definition) is 2. The van der Waals surface area contributed by atoms with Crippen molar-refractivity contribution in [2.45, 2.75) is 105 Å². The fraction of sp³-hybridized carbons (Fsp3) is 0.459. The fourth-order valence-electron chi connectivity index (χ4n) is 6.01. The van der Waals surface area contributed by atoms with Crippen LogP contribution in [0.1, 0.15) is 102 Å². The Hall–Kier alpha value is -1.67. The Morgan fingerprint density at radius 3 is 2.12 bits per heavy atom. The quantitative estimate of drug-likeness (QED) is 0.172. The summed E-state index contributed by atoms with van der Waals surface area (Å²) in [5, 5.41) is 0. The van der Waals surface area contributed by atoms with E-state index in [2.05, 4.69) is 109 Å². The normalized spacial score (nSPS) is 18.3. The zero-order chi connectivity index (χ0) is 31.2. The van der Waals surface area contributed by atoms with Crippen LogP contribution in [0.4, 0.5) is 5.69 Å². The van der Waals surface area contributed by atoms with Crippen molar-refractivity contribution < 1.29 is 18.3 Å². The molecule has 3 aromatic rings. The number of benzene rings is 3. The summed E-state index contributed by atoms with van der Waals surface area (Å²) in [4.78, 5) is 2.57. The van der Waals surface area contributed by atoms with Gasteiger partial charge in [-0.25, -0.2) is 6.54 Å². The minimum atomic E-state index is -1.77. The van der Waals surface area contributed by atoms with Crippen LogP contribution in [0.2, 0.25) is 0 Å². The van der Waals surface area contributed by atoms with Crippen molar-refractivity contribution >= 4 is 29.7 Å². The van der Waals surface area contributed by atoms with Crippen LogP contribution in [0.15, 0.2) is 66.7 Å². The third-order valence-electron chi connectivity index (χ3n) is 7.72. The molecule has 3 aromatic carbocycles. The Bertz CT molecular complexity index is 1340. The molecule has 1 unspecified atom stereocenters. The molecular formula is C37H50Cl2NORu-. The van der Waals surface area contributed by atoms with Crippen LogP contribution >= 0.6 is 19.4 Å². The summed E-state index contributed by atoms with van der Waals surface area (Å²) in [6, 6.07) is 23.9. The van der Waals surface area contributed by atoms with Gasteiger partial charge in [0.25, 0.3) is 0 Å². The number of rotatable bonds is 8. The maximum atomic E-state index is 5.82. The van der Waals surface area contributed by atoms with Gasteiger partial charge in [0.15, 0.2) is 0 Å². The largest absolute Gasteiger partial charge is 0.517 e. The Kier molecular flexibility index (Phi) is 12.3. The predicted octanol–water partition coefficient (Wildman–Crippen LogP) is 11.0. The fourth-order valence-corrected chi connectivity index (χ4v) is 7.82. The number of ether oxygens (including phenoxy) is 1. The minimum Gasteiger partial charge on any atom is -0.517 e. The average Bonchev–Trinajstić information content (AvgIpc) is 3.14. The molecule has 0 spiro atoms. The molecular weight excluding hydrogens is 646 g/mol. The number of para-hydroxylation sites is 2. The number of nitrogens with zero attached hydrogens (tertiary/aromatic N) is 1. The van der Waals surface area contributed by atoms with Crippen molar-refractivity contribution in [1.29, 1.82) is 0 Å². The standard InChI is InChI=1S/C27H38N.C10H12O.2ClH.Ru/c1-19(2)16-22-12-14-23(15-13-22)27(8)17-26(6,7)28(18-27)25-21(5)10-9-11-24(25)20(3)4;1-8(2)11-10-7-5-4-6-9(10)3;;;/h9-15,18-20H,16-17H2,1-8H3;3-8H,1-2H3;2*1H;/q-1;;;;+2/p-2. The molecule has 1 fully saturated rings. The van der Waals surface area contributed by atoms with E-state index in [9.17, 15) is 0 Å². The summed E-state index contributed by atoms with van der Waals surface area (Å²) >= 11 is -1.77. The summed E-state index contributed by atoms with van der Waals surface area (Å²) in [5.74, 6) is 2.06. The molecule has 0 amide bonds. The minimum absolute atomic E-state index is 0.0520. The van der Waals surface area contributed by atoms with E-state index in [1.807, 2.05) is 42.7 Å². The number of anilines is 1. The molecule has 0 aromatic heterocycles. The van der Waals surface area contributed by atoms with Gasteiger partial charge in [0, 0.05) is 11.2 Å². The van der Waals surface area contributed by atoms with Crippen LogP contribution in [-0.2, 0) is 25.4 Å². The Morgan fingerprint density at radius 1 is 0.905 bits per heavy atom. The zero-order valence-electron chi connectivity index (χ0n) is 27.1. The van der Waals surface area contributed by atoms with Gasteiger partial charge in [0.2, 0.25) is 0 Å². The van der Waals surface area contributed by atoms with E-state index in [0.717, 1.165) is 24.2 Å². The molecule has 0 N–H and O–H groups in total. The van der Waals surface area contributed by atoms with E-state index < -0.39 is 13.5 Å². The number of aryl methyl sites for hydroxylation is 1. The van der Waals surface area contributed by atoms with Crippen molar-refractivity contribution in [3.05, 3.63) is 101 Å². The second kappa shape index (κ2) is 14.9. The third kappa shape index (κ3) is 9.17. The van der Waals surface area contributed by atoms with Gasteiger partial charge in [-0.3, -0.25) is 0 Å². The smallest absolute Gasteiger partial charge is 0.0140 e. The Labute approximate surface area is 269 Å². The molecule has 232 valence electrons. The molecule has 1 aliphatic rings. The maximum Gasteiger partial charge on any atom is 0.0140 e. The summed E-state index contributed by atoms with van der Waals surface area (Å²) in [6.07, 6.45) is 2.44. The van der Waals surface area contributed by atoms with Gasteiger partial charge in [-0.1, -0.05) is 82.6 Å². The summed E-state index contributed by atoms with van der Waals surface area (Å²) in [5.41, 5.74) is 8.21. The first-order valence-electron chi connectivity index (χ1n) is 15.1. The monoisotopic (exact) mass is 696 g/mol. The molecule has 1 heterocycles. The Balaban J connectivity index is 0.000000291. The SMILES string of the molecule is CC(C)Oc1ccccc1[CH]=[Ru]([Cl])[Cl].Cc1cccc(C(C)C)c1N1[CH-]C(C)(c2ccc(CC(C)C)cc2)CC1(C)C. The first kappa shape index (κ1) is 34.8. The molecule has 42 heavy (non-hydrogen) atoms. The molecule has 4 rings (SSSR count). The number of halogens is 2. The van der Waals surface area contributed by atoms with E-state index in [1.54, 1.807) is 0 Å². The van der Waals surface area contributed by atoms with Crippen LogP contribution in [0, 0.1) is 19.4 Å². The van der Waals surface area contributed by atoms with E-state index in [0.29, 0.717) is 11.8 Å². The van der Waals surface area contributed by atoms with Crippen molar-refractivity contribution in [1.82, 2.24) is 0 Å². The first-order valence-corrected chi connectivity index (χ1v) is 20.5. The van der Waals surface area contributed by atoms with Crippen molar-refractivity contribution in [3.8, 4) is 5.75 Å². The summed E-state index contributed by atoms with van der Waals surface area (Å²) < 4.78 is 7.51.